The zero-order valence-electron chi connectivity index (χ0n) is 16.2. The largest absolute Gasteiger partial charge is 0.493 e. The average Bonchev–Trinajstić information content (AvgIpc) is 3.35. The van der Waals surface area contributed by atoms with Gasteiger partial charge in [-0.25, -0.2) is 0 Å². The Balaban J connectivity index is 1.57. The smallest absolute Gasteiger partial charge is 0.249 e. The summed E-state index contributed by atoms with van der Waals surface area (Å²) < 4.78 is 11.3. The van der Waals surface area contributed by atoms with Crippen molar-refractivity contribution in [2.45, 2.75) is 32.7 Å². The van der Waals surface area contributed by atoms with Gasteiger partial charge in [-0.1, -0.05) is 37.2 Å². The molecule has 3 aromatic rings. The standard InChI is InChI=1S/C21H25N5O2/c1-13(2)12-27-17-8-7-14-10-16(6-5-15(14)11-17)19-24-20(28-25-19)18-4-3-9-26(18)21(22)23/h5-8,10-11,13,18H,3-4,9,12H2,1-2H3,(H3,22,23)/t18-/m0/s1. The number of benzene rings is 2. The van der Waals surface area contributed by atoms with Crippen molar-refractivity contribution in [3.05, 3.63) is 42.3 Å². The number of nitrogens with zero attached hydrogens (tertiary/aromatic N) is 3. The maximum absolute atomic E-state index is 7.71. The van der Waals surface area contributed by atoms with E-state index in [-0.39, 0.29) is 12.0 Å². The topological polar surface area (TPSA) is 101 Å². The molecule has 4 rings (SSSR count). The van der Waals surface area contributed by atoms with Crippen LogP contribution in [0, 0.1) is 11.3 Å². The molecule has 0 unspecified atom stereocenters. The van der Waals surface area contributed by atoms with Crippen LogP contribution in [0.3, 0.4) is 0 Å². The first-order valence-electron chi connectivity index (χ1n) is 9.62. The number of aromatic nitrogens is 2. The van der Waals surface area contributed by atoms with Crippen molar-refractivity contribution in [3.63, 3.8) is 0 Å². The van der Waals surface area contributed by atoms with Crippen molar-refractivity contribution >= 4 is 16.7 Å². The Kier molecular flexibility index (Phi) is 4.90. The fourth-order valence-corrected chi connectivity index (χ4v) is 3.52. The quantitative estimate of drug-likeness (QED) is 0.514. The highest BCUT2D eigenvalue weighted by Crippen LogP contribution is 2.32. The number of fused-ring (bicyclic) bond motifs is 1. The minimum Gasteiger partial charge on any atom is -0.493 e. The molecule has 1 saturated heterocycles. The summed E-state index contributed by atoms with van der Waals surface area (Å²) in [6.07, 6.45) is 1.82. The molecule has 7 heteroatoms. The molecule has 0 bridgehead atoms. The Morgan fingerprint density at radius 1 is 1.29 bits per heavy atom. The van der Waals surface area contributed by atoms with Gasteiger partial charge < -0.3 is 19.9 Å². The van der Waals surface area contributed by atoms with E-state index in [9.17, 15) is 0 Å². The van der Waals surface area contributed by atoms with E-state index in [4.69, 9.17) is 20.4 Å². The number of nitrogens with one attached hydrogen (secondary N) is 1. The molecule has 1 fully saturated rings. The summed E-state index contributed by atoms with van der Waals surface area (Å²) in [6.45, 7) is 5.71. The fourth-order valence-electron chi connectivity index (χ4n) is 3.52. The predicted octanol–water partition coefficient (Wildman–Crippen LogP) is 3.95. The molecule has 1 aliphatic rings. The van der Waals surface area contributed by atoms with Crippen LogP contribution < -0.4 is 10.5 Å². The monoisotopic (exact) mass is 379 g/mol. The number of hydrogen-bond donors (Lipinski definition) is 2. The van der Waals surface area contributed by atoms with E-state index in [1.165, 1.54) is 0 Å². The zero-order chi connectivity index (χ0) is 19.7. The number of nitrogens with two attached hydrogens (primary N) is 1. The summed E-state index contributed by atoms with van der Waals surface area (Å²) >= 11 is 0. The summed E-state index contributed by atoms with van der Waals surface area (Å²) in [7, 11) is 0. The molecular weight excluding hydrogens is 354 g/mol. The Labute approximate surface area is 164 Å². The molecule has 2 aromatic carbocycles. The van der Waals surface area contributed by atoms with E-state index in [2.05, 4.69) is 24.0 Å². The van der Waals surface area contributed by atoms with Crippen molar-refractivity contribution in [2.75, 3.05) is 13.2 Å². The molecule has 1 aromatic heterocycles. The van der Waals surface area contributed by atoms with Crippen molar-refractivity contribution < 1.29 is 9.26 Å². The lowest BCUT2D eigenvalue weighted by atomic mass is 10.1. The van der Waals surface area contributed by atoms with Crippen LogP contribution in [0.5, 0.6) is 5.75 Å². The summed E-state index contributed by atoms with van der Waals surface area (Å²) in [6, 6.07) is 12.0. The first-order chi connectivity index (χ1) is 13.5. The molecular formula is C21H25N5O2. The van der Waals surface area contributed by atoms with E-state index in [1.54, 1.807) is 4.90 Å². The summed E-state index contributed by atoms with van der Waals surface area (Å²) in [5.41, 5.74) is 6.56. The maximum atomic E-state index is 7.71. The molecule has 0 radical (unpaired) electrons. The Hall–Kier alpha value is -3.09. The van der Waals surface area contributed by atoms with Crippen molar-refractivity contribution in [1.82, 2.24) is 15.0 Å². The molecule has 146 valence electrons. The minimum absolute atomic E-state index is 0.0449. The molecule has 0 saturated carbocycles. The molecule has 7 nitrogen and oxygen atoms in total. The van der Waals surface area contributed by atoms with Gasteiger partial charge in [0.1, 0.15) is 11.8 Å². The molecule has 0 spiro atoms. The number of guanidine groups is 1. The molecule has 2 heterocycles. The number of likely N-dealkylation sites (tertiary alicyclic amines) is 1. The van der Waals surface area contributed by atoms with Crippen LogP contribution in [0.2, 0.25) is 0 Å². The maximum Gasteiger partial charge on any atom is 0.249 e. The van der Waals surface area contributed by atoms with Crippen molar-refractivity contribution in [2.24, 2.45) is 11.7 Å². The van der Waals surface area contributed by atoms with Crippen LogP contribution >= 0.6 is 0 Å². The SMILES string of the molecule is CC(C)COc1ccc2cc(-c3noc([C@@H]4CCCN4C(=N)N)n3)ccc2c1. The van der Waals surface area contributed by atoms with Gasteiger partial charge >= 0.3 is 0 Å². The van der Waals surface area contributed by atoms with Gasteiger partial charge in [-0.3, -0.25) is 5.41 Å². The number of rotatable bonds is 5. The summed E-state index contributed by atoms with van der Waals surface area (Å²) in [5.74, 6) is 2.47. The van der Waals surface area contributed by atoms with Gasteiger partial charge in [-0.05, 0) is 47.7 Å². The van der Waals surface area contributed by atoms with E-state index >= 15 is 0 Å². The Morgan fingerprint density at radius 3 is 2.86 bits per heavy atom. The van der Waals surface area contributed by atoms with Gasteiger partial charge in [0.05, 0.1) is 6.61 Å². The van der Waals surface area contributed by atoms with E-state index in [1.807, 2.05) is 36.4 Å². The molecule has 1 aliphatic heterocycles. The third-order valence-electron chi connectivity index (χ3n) is 4.94. The molecule has 0 aliphatic carbocycles. The van der Waals surface area contributed by atoms with Crippen molar-refractivity contribution in [1.29, 1.82) is 5.41 Å². The van der Waals surface area contributed by atoms with Gasteiger partial charge in [0.15, 0.2) is 5.96 Å². The van der Waals surface area contributed by atoms with Gasteiger partial charge in [0.2, 0.25) is 11.7 Å². The number of ether oxygens (including phenoxy) is 1. The Morgan fingerprint density at radius 2 is 2.07 bits per heavy atom. The molecule has 1 atom stereocenters. The second-order valence-electron chi connectivity index (χ2n) is 7.62. The van der Waals surface area contributed by atoms with Gasteiger partial charge in [-0.2, -0.15) is 4.98 Å². The third-order valence-corrected chi connectivity index (χ3v) is 4.94. The zero-order valence-corrected chi connectivity index (χ0v) is 16.2. The predicted molar refractivity (Wildman–Crippen MR) is 108 cm³/mol. The lowest BCUT2D eigenvalue weighted by Gasteiger charge is -2.21. The minimum atomic E-state index is -0.111. The normalized spacial score (nSPS) is 16.8. The van der Waals surface area contributed by atoms with Crippen LogP contribution in [0.1, 0.15) is 38.6 Å². The van der Waals surface area contributed by atoms with Crippen LogP contribution in [-0.4, -0.2) is 34.2 Å². The van der Waals surface area contributed by atoms with E-state index in [0.29, 0.717) is 24.2 Å². The van der Waals surface area contributed by atoms with E-state index < -0.39 is 0 Å². The molecule has 28 heavy (non-hydrogen) atoms. The van der Waals surface area contributed by atoms with E-state index in [0.717, 1.165) is 41.5 Å². The van der Waals surface area contributed by atoms with Crippen LogP contribution in [-0.2, 0) is 0 Å². The van der Waals surface area contributed by atoms with Gasteiger partial charge in [-0.15, -0.1) is 0 Å². The van der Waals surface area contributed by atoms with Gasteiger partial charge in [0, 0.05) is 12.1 Å². The Bertz CT molecular complexity index is 997. The third kappa shape index (κ3) is 3.65. The highest BCUT2D eigenvalue weighted by Gasteiger charge is 2.31. The highest BCUT2D eigenvalue weighted by molar-refractivity contribution is 5.87. The highest BCUT2D eigenvalue weighted by atomic mass is 16.5. The second kappa shape index (κ2) is 7.50. The van der Waals surface area contributed by atoms with Crippen LogP contribution in [0.15, 0.2) is 40.9 Å². The van der Waals surface area contributed by atoms with Gasteiger partial charge in [0.25, 0.3) is 0 Å². The average molecular weight is 379 g/mol. The lowest BCUT2D eigenvalue weighted by molar-refractivity contribution is 0.271. The summed E-state index contributed by atoms with van der Waals surface area (Å²) in [5, 5.41) is 14.0. The molecule has 3 N–H and O–H groups in total. The number of hydrogen-bond acceptors (Lipinski definition) is 5. The van der Waals surface area contributed by atoms with Crippen LogP contribution in [0.4, 0.5) is 0 Å². The lowest BCUT2D eigenvalue weighted by Crippen LogP contribution is -2.35. The molecule has 0 amide bonds. The van der Waals surface area contributed by atoms with Crippen molar-refractivity contribution in [3.8, 4) is 17.1 Å². The summed E-state index contributed by atoms with van der Waals surface area (Å²) in [4.78, 5) is 6.37. The fraction of sp³-hybridized carbons (Fsp3) is 0.381. The van der Waals surface area contributed by atoms with Crippen LogP contribution in [0.25, 0.3) is 22.2 Å². The second-order valence-corrected chi connectivity index (χ2v) is 7.62. The first kappa shape index (κ1) is 18.3. The first-order valence-corrected chi connectivity index (χ1v) is 9.62.